The second-order valence-corrected chi connectivity index (χ2v) is 6.80. The van der Waals surface area contributed by atoms with Gasteiger partial charge in [-0.1, -0.05) is 6.92 Å². The summed E-state index contributed by atoms with van der Waals surface area (Å²) in [6.45, 7) is 5.29. The third-order valence-corrected chi connectivity index (χ3v) is 4.99. The Labute approximate surface area is 145 Å². The molecule has 0 bridgehead atoms. The molecule has 0 aliphatic carbocycles. The van der Waals surface area contributed by atoms with Gasteiger partial charge in [0.15, 0.2) is 5.84 Å². The van der Waals surface area contributed by atoms with Gasteiger partial charge in [-0.15, -0.1) is 0 Å². The van der Waals surface area contributed by atoms with Crippen molar-refractivity contribution in [2.75, 3.05) is 36.6 Å². The van der Waals surface area contributed by atoms with Crippen LogP contribution in [0.1, 0.15) is 25.3 Å². The summed E-state index contributed by atoms with van der Waals surface area (Å²) in [5.74, 6) is 0.937. The molecule has 3 aliphatic heterocycles. The molecule has 134 valence electrons. The zero-order chi connectivity index (χ0) is 17.6. The van der Waals surface area contributed by atoms with E-state index < -0.39 is 6.67 Å². The predicted octanol–water partition coefficient (Wildman–Crippen LogP) is 1.17. The Kier molecular flexibility index (Phi) is 3.99. The van der Waals surface area contributed by atoms with Gasteiger partial charge in [0.2, 0.25) is 0 Å². The van der Waals surface area contributed by atoms with Crippen molar-refractivity contribution in [2.45, 2.75) is 31.8 Å². The minimum absolute atomic E-state index is 0.157. The van der Waals surface area contributed by atoms with Crippen LogP contribution in [0.15, 0.2) is 17.2 Å². The number of hydrogen-bond donors (Lipinski definition) is 3. The highest BCUT2D eigenvalue weighted by atomic mass is 19.1. The van der Waals surface area contributed by atoms with Crippen molar-refractivity contribution in [1.82, 2.24) is 10.7 Å². The summed E-state index contributed by atoms with van der Waals surface area (Å²) in [7, 11) is 0. The van der Waals surface area contributed by atoms with E-state index in [1.54, 1.807) is 0 Å². The fraction of sp³-hybridized carbons (Fsp3) is 0.529. The van der Waals surface area contributed by atoms with Crippen LogP contribution in [0.2, 0.25) is 0 Å². The lowest BCUT2D eigenvalue weighted by atomic mass is 9.97. The van der Waals surface area contributed by atoms with Crippen LogP contribution in [0, 0.1) is 0 Å². The average Bonchev–Trinajstić information content (AvgIpc) is 2.59. The summed E-state index contributed by atoms with van der Waals surface area (Å²) in [5.41, 5.74) is 5.09. The number of fused-ring (bicyclic) bond motifs is 3. The normalized spacial score (nSPS) is 23.5. The molecule has 1 fully saturated rings. The Balaban J connectivity index is 1.78. The number of nitrogens with one attached hydrogen (secondary N) is 3. The predicted molar refractivity (Wildman–Crippen MR) is 94.1 cm³/mol. The fourth-order valence-corrected chi connectivity index (χ4v) is 3.31. The second-order valence-electron chi connectivity index (χ2n) is 6.80. The van der Waals surface area contributed by atoms with E-state index in [2.05, 4.69) is 21.2 Å². The van der Waals surface area contributed by atoms with Gasteiger partial charge in [0.05, 0.1) is 18.4 Å². The molecule has 2 atom stereocenters. The van der Waals surface area contributed by atoms with E-state index in [1.807, 2.05) is 30.9 Å². The van der Waals surface area contributed by atoms with Crippen molar-refractivity contribution in [1.29, 1.82) is 0 Å². The van der Waals surface area contributed by atoms with Crippen LogP contribution in [0.3, 0.4) is 0 Å². The van der Waals surface area contributed by atoms with Gasteiger partial charge in [0.25, 0.3) is 5.91 Å². The molecule has 0 spiro atoms. The van der Waals surface area contributed by atoms with E-state index in [0.717, 1.165) is 30.0 Å². The van der Waals surface area contributed by atoms with Crippen LogP contribution in [0.4, 0.5) is 15.8 Å². The van der Waals surface area contributed by atoms with Crippen molar-refractivity contribution in [3.63, 3.8) is 0 Å². The third kappa shape index (κ3) is 2.70. The average molecular weight is 347 g/mol. The molecule has 1 saturated heterocycles. The van der Waals surface area contributed by atoms with Gasteiger partial charge in [0, 0.05) is 24.7 Å². The number of ether oxygens (including phenoxy) is 1. The Bertz CT molecular complexity index is 734. The summed E-state index contributed by atoms with van der Waals surface area (Å²) in [4.78, 5) is 13.9. The van der Waals surface area contributed by atoms with E-state index in [4.69, 9.17) is 4.74 Å². The number of hydrazone groups is 1. The number of amidine groups is 1. The largest absolute Gasteiger partial charge is 0.483 e. The lowest BCUT2D eigenvalue weighted by molar-refractivity contribution is -0.122. The van der Waals surface area contributed by atoms with Gasteiger partial charge < -0.3 is 20.3 Å². The molecule has 1 aromatic carbocycles. The summed E-state index contributed by atoms with van der Waals surface area (Å²) >= 11 is 0. The molecule has 0 saturated carbocycles. The zero-order valence-electron chi connectivity index (χ0n) is 14.3. The van der Waals surface area contributed by atoms with Crippen LogP contribution in [0.5, 0.6) is 5.75 Å². The SMILES string of the molecule is C[C@@H]1C(=O)NN=C2COc3cc([C@@H](C)CF)c(NC4CNC4)cc3N21. The van der Waals surface area contributed by atoms with Crippen molar-refractivity contribution < 1.29 is 13.9 Å². The molecule has 0 radical (unpaired) electrons. The van der Waals surface area contributed by atoms with E-state index in [0.29, 0.717) is 17.6 Å². The van der Waals surface area contributed by atoms with Gasteiger partial charge in [-0.25, -0.2) is 5.43 Å². The smallest absolute Gasteiger partial charge is 0.262 e. The van der Waals surface area contributed by atoms with E-state index >= 15 is 0 Å². The van der Waals surface area contributed by atoms with Crippen LogP contribution >= 0.6 is 0 Å². The Morgan fingerprint density at radius 3 is 2.96 bits per heavy atom. The maximum absolute atomic E-state index is 13.3. The Morgan fingerprint density at radius 2 is 2.28 bits per heavy atom. The number of carbonyl (C=O) groups excluding carboxylic acids is 1. The van der Waals surface area contributed by atoms with Crippen molar-refractivity contribution in [3.05, 3.63) is 17.7 Å². The molecule has 3 heterocycles. The zero-order valence-corrected chi connectivity index (χ0v) is 14.3. The van der Waals surface area contributed by atoms with Gasteiger partial charge in [-0.3, -0.25) is 9.18 Å². The summed E-state index contributed by atoms with van der Waals surface area (Å²) in [5, 5.41) is 10.8. The lowest BCUT2D eigenvalue weighted by Gasteiger charge is -2.39. The summed E-state index contributed by atoms with van der Waals surface area (Å²) < 4.78 is 19.2. The highest BCUT2D eigenvalue weighted by Gasteiger charge is 2.36. The fourth-order valence-electron chi connectivity index (χ4n) is 3.31. The number of anilines is 2. The van der Waals surface area contributed by atoms with E-state index in [1.165, 1.54) is 0 Å². The monoisotopic (exact) mass is 347 g/mol. The molecule has 0 unspecified atom stereocenters. The first-order valence-electron chi connectivity index (χ1n) is 8.58. The Hall–Kier alpha value is -2.35. The van der Waals surface area contributed by atoms with Gasteiger partial charge in [0.1, 0.15) is 18.4 Å². The van der Waals surface area contributed by atoms with Crippen molar-refractivity contribution >= 4 is 23.1 Å². The maximum atomic E-state index is 13.3. The number of halogens is 1. The summed E-state index contributed by atoms with van der Waals surface area (Å²) in [6, 6.07) is 3.80. The number of benzene rings is 1. The Morgan fingerprint density at radius 1 is 1.48 bits per heavy atom. The molecule has 7 nitrogen and oxygen atoms in total. The number of carbonyl (C=O) groups is 1. The molecule has 1 aromatic rings. The number of alkyl halides is 1. The second kappa shape index (κ2) is 6.18. The number of amides is 1. The molecule has 4 rings (SSSR count). The van der Waals surface area contributed by atoms with Crippen LogP contribution in [-0.4, -0.2) is 50.2 Å². The minimum Gasteiger partial charge on any atom is -0.483 e. The molecule has 25 heavy (non-hydrogen) atoms. The highest BCUT2D eigenvalue weighted by molar-refractivity contribution is 6.09. The maximum Gasteiger partial charge on any atom is 0.262 e. The van der Waals surface area contributed by atoms with Gasteiger partial charge in [-0.05, 0) is 24.6 Å². The van der Waals surface area contributed by atoms with Crippen molar-refractivity contribution in [3.8, 4) is 5.75 Å². The molecule has 1 amide bonds. The molecule has 0 aromatic heterocycles. The number of nitrogens with zero attached hydrogens (tertiary/aromatic N) is 2. The molecule has 8 heteroatoms. The first-order valence-corrected chi connectivity index (χ1v) is 8.58. The quantitative estimate of drug-likeness (QED) is 0.762. The van der Waals surface area contributed by atoms with E-state index in [9.17, 15) is 9.18 Å². The van der Waals surface area contributed by atoms with Crippen LogP contribution < -0.4 is 25.7 Å². The van der Waals surface area contributed by atoms with E-state index in [-0.39, 0.29) is 24.5 Å². The highest BCUT2D eigenvalue weighted by Crippen LogP contribution is 2.41. The minimum atomic E-state index is -0.439. The van der Waals surface area contributed by atoms with Crippen LogP contribution in [0.25, 0.3) is 0 Å². The molecular formula is C17H22FN5O2. The molecule has 3 aliphatic rings. The first kappa shape index (κ1) is 16.1. The van der Waals surface area contributed by atoms with Gasteiger partial charge in [-0.2, -0.15) is 5.10 Å². The lowest BCUT2D eigenvalue weighted by Crippen LogP contribution is -2.55. The topological polar surface area (TPSA) is 78.0 Å². The number of hydrogen-bond acceptors (Lipinski definition) is 6. The number of rotatable bonds is 4. The first-order chi connectivity index (χ1) is 12.1. The molecular weight excluding hydrogens is 325 g/mol. The summed E-state index contributed by atoms with van der Waals surface area (Å²) in [6.07, 6.45) is 0. The van der Waals surface area contributed by atoms with Crippen molar-refractivity contribution in [2.24, 2.45) is 5.10 Å². The molecule has 3 N–H and O–H groups in total. The van der Waals surface area contributed by atoms with Crippen LogP contribution in [-0.2, 0) is 4.79 Å². The standard InChI is InChI=1S/C17H22FN5O2/c1-9(5-18)12-3-15-14(4-13(12)20-11-6-19-7-11)23-10(2)17(24)22-21-16(23)8-25-15/h3-4,9-11,19-20H,5-8H2,1-2H3,(H,22,24)/t9-,10+/m0/s1. The third-order valence-electron chi connectivity index (χ3n) is 4.99. The van der Waals surface area contributed by atoms with Gasteiger partial charge >= 0.3 is 0 Å².